The lowest BCUT2D eigenvalue weighted by atomic mass is 10.1. The minimum Gasteiger partial charge on any atom is -0.495 e. The first kappa shape index (κ1) is 10.1. The van der Waals surface area contributed by atoms with E-state index in [4.69, 9.17) is 4.74 Å². The van der Waals surface area contributed by atoms with Crippen LogP contribution in [0.2, 0.25) is 0 Å². The van der Waals surface area contributed by atoms with Crippen LogP contribution < -0.4 is 0 Å². The summed E-state index contributed by atoms with van der Waals surface area (Å²) in [6, 6.07) is 2.97. The van der Waals surface area contributed by atoms with Crippen LogP contribution in [0.5, 0.6) is 0 Å². The number of benzene rings is 1. The van der Waals surface area contributed by atoms with Crippen molar-refractivity contribution in [3.8, 4) is 0 Å². The fraction of sp³-hybridized carbons (Fsp3) is 0.273. The summed E-state index contributed by atoms with van der Waals surface area (Å²) in [5.74, 6) is -0.927. The van der Waals surface area contributed by atoms with Crippen molar-refractivity contribution in [1.29, 1.82) is 0 Å². The van der Waals surface area contributed by atoms with E-state index in [1.165, 1.54) is 0 Å². The molecular weight excluding hydrogens is 202 g/mol. The Bertz CT molecular complexity index is 402. The number of aliphatic hydroxyl groups excluding tert-OH is 1. The molecule has 4 heteroatoms. The van der Waals surface area contributed by atoms with Gasteiger partial charge in [0, 0.05) is 12.0 Å². The number of aliphatic hydroxyl groups is 1. The highest BCUT2D eigenvalue weighted by Gasteiger charge is 2.21. The molecule has 2 nitrogen and oxygen atoms in total. The molecule has 1 unspecified atom stereocenters. The second kappa shape index (κ2) is 3.98. The van der Waals surface area contributed by atoms with Gasteiger partial charge in [0.25, 0.3) is 0 Å². The highest BCUT2D eigenvalue weighted by atomic mass is 19.1. The third-order valence-corrected chi connectivity index (χ3v) is 2.25. The lowest BCUT2D eigenvalue weighted by Gasteiger charge is -2.13. The molecule has 0 aromatic heterocycles. The summed E-state index contributed by atoms with van der Waals surface area (Å²) in [7, 11) is 0. The van der Waals surface area contributed by atoms with Crippen LogP contribution in [0.15, 0.2) is 30.0 Å². The van der Waals surface area contributed by atoms with Gasteiger partial charge in [0.05, 0.1) is 6.61 Å². The molecule has 1 aliphatic heterocycles. The summed E-state index contributed by atoms with van der Waals surface area (Å²) in [6.07, 6.45) is 1.14. The summed E-state index contributed by atoms with van der Waals surface area (Å²) < 4.78 is 31.2. The number of ether oxygens (including phenoxy) is 1. The van der Waals surface area contributed by atoms with Crippen molar-refractivity contribution in [2.45, 2.75) is 12.5 Å². The van der Waals surface area contributed by atoms with Crippen molar-refractivity contribution >= 4 is 0 Å². The van der Waals surface area contributed by atoms with E-state index in [0.717, 1.165) is 18.2 Å². The minimum atomic E-state index is -1.22. The van der Waals surface area contributed by atoms with Crippen LogP contribution in [-0.2, 0) is 4.74 Å². The van der Waals surface area contributed by atoms with Crippen LogP contribution in [-0.4, -0.2) is 11.7 Å². The van der Waals surface area contributed by atoms with Gasteiger partial charge in [-0.25, -0.2) is 8.78 Å². The molecule has 1 atom stereocenters. The Kier molecular flexibility index (Phi) is 2.68. The van der Waals surface area contributed by atoms with E-state index >= 15 is 0 Å². The quantitative estimate of drug-likeness (QED) is 0.815. The summed E-state index contributed by atoms with van der Waals surface area (Å²) in [6.45, 7) is 0.476. The van der Waals surface area contributed by atoms with Gasteiger partial charge in [-0.15, -0.1) is 0 Å². The van der Waals surface area contributed by atoms with Crippen LogP contribution in [0.3, 0.4) is 0 Å². The van der Waals surface area contributed by atoms with Gasteiger partial charge in [-0.1, -0.05) is 0 Å². The molecule has 1 aromatic rings. The molecule has 0 radical (unpaired) electrons. The van der Waals surface area contributed by atoms with E-state index in [2.05, 4.69) is 0 Å². The van der Waals surface area contributed by atoms with Gasteiger partial charge in [0.2, 0.25) is 0 Å². The Labute approximate surface area is 85.8 Å². The third kappa shape index (κ3) is 1.99. The van der Waals surface area contributed by atoms with Gasteiger partial charge >= 0.3 is 0 Å². The molecule has 15 heavy (non-hydrogen) atoms. The lowest BCUT2D eigenvalue weighted by Crippen LogP contribution is -2.05. The molecule has 0 spiro atoms. The largest absolute Gasteiger partial charge is 0.495 e. The summed E-state index contributed by atoms with van der Waals surface area (Å²) in [5.41, 5.74) is -0.0943. The maximum absolute atomic E-state index is 13.3. The molecule has 0 saturated carbocycles. The molecule has 80 valence electrons. The Balaban J connectivity index is 2.31. The zero-order valence-corrected chi connectivity index (χ0v) is 7.91. The Morgan fingerprint density at radius 3 is 2.80 bits per heavy atom. The molecule has 0 fully saturated rings. The van der Waals surface area contributed by atoms with Gasteiger partial charge in [0.1, 0.15) is 23.5 Å². The van der Waals surface area contributed by atoms with Crippen LogP contribution in [0, 0.1) is 11.6 Å². The predicted molar refractivity (Wildman–Crippen MR) is 50.0 cm³/mol. The van der Waals surface area contributed by atoms with Gasteiger partial charge in [-0.05, 0) is 24.3 Å². The van der Waals surface area contributed by atoms with Gasteiger partial charge in [-0.2, -0.15) is 0 Å². The van der Waals surface area contributed by atoms with E-state index in [0.29, 0.717) is 18.8 Å². The van der Waals surface area contributed by atoms with Gasteiger partial charge < -0.3 is 9.84 Å². The summed E-state index contributed by atoms with van der Waals surface area (Å²) in [5, 5.41) is 9.73. The standard InChI is InChI=1S/C11H10F2O2/c12-7-3-4-9(13)8(6-7)11(14)10-2-1-5-15-10/h2-4,6,11,14H,1,5H2. The molecule has 0 saturated heterocycles. The average Bonchev–Trinajstić information content (AvgIpc) is 2.74. The van der Waals surface area contributed by atoms with Crippen molar-refractivity contribution in [1.82, 2.24) is 0 Å². The lowest BCUT2D eigenvalue weighted by molar-refractivity contribution is 0.116. The van der Waals surface area contributed by atoms with Crippen molar-refractivity contribution in [3.05, 3.63) is 47.2 Å². The first-order valence-corrected chi connectivity index (χ1v) is 4.64. The Morgan fingerprint density at radius 1 is 1.33 bits per heavy atom. The number of rotatable bonds is 2. The molecular formula is C11H10F2O2. The van der Waals surface area contributed by atoms with Crippen molar-refractivity contribution in [2.75, 3.05) is 6.61 Å². The Hall–Kier alpha value is -1.42. The van der Waals surface area contributed by atoms with Crippen molar-refractivity contribution < 1.29 is 18.6 Å². The number of halogens is 2. The van der Waals surface area contributed by atoms with Crippen LogP contribution in [0.1, 0.15) is 18.1 Å². The van der Waals surface area contributed by atoms with E-state index in [-0.39, 0.29) is 5.56 Å². The van der Waals surface area contributed by atoms with Crippen LogP contribution >= 0.6 is 0 Å². The number of hydrogen-bond acceptors (Lipinski definition) is 2. The molecule has 1 heterocycles. The van der Waals surface area contributed by atoms with Crippen molar-refractivity contribution in [2.24, 2.45) is 0 Å². The third-order valence-electron chi connectivity index (χ3n) is 2.25. The molecule has 0 aliphatic carbocycles. The smallest absolute Gasteiger partial charge is 0.139 e. The normalized spacial score (nSPS) is 17.1. The molecule has 1 aliphatic rings. The van der Waals surface area contributed by atoms with E-state index in [1.807, 2.05) is 0 Å². The Morgan fingerprint density at radius 2 is 2.13 bits per heavy atom. The molecule has 0 bridgehead atoms. The maximum atomic E-state index is 13.3. The summed E-state index contributed by atoms with van der Waals surface area (Å²) in [4.78, 5) is 0. The second-order valence-corrected chi connectivity index (χ2v) is 3.31. The summed E-state index contributed by atoms with van der Waals surface area (Å²) >= 11 is 0. The maximum Gasteiger partial charge on any atom is 0.139 e. The monoisotopic (exact) mass is 212 g/mol. The van der Waals surface area contributed by atoms with Gasteiger partial charge in [0.15, 0.2) is 0 Å². The molecule has 1 N–H and O–H groups in total. The van der Waals surface area contributed by atoms with Crippen LogP contribution in [0.4, 0.5) is 8.78 Å². The highest BCUT2D eigenvalue weighted by molar-refractivity contribution is 5.26. The number of hydrogen-bond donors (Lipinski definition) is 1. The fourth-order valence-corrected chi connectivity index (χ4v) is 1.50. The first-order valence-electron chi connectivity index (χ1n) is 4.64. The van der Waals surface area contributed by atoms with E-state index in [1.54, 1.807) is 6.08 Å². The van der Waals surface area contributed by atoms with E-state index < -0.39 is 17.7 Å². The minimum absolute atomic E-state index is 0.0943. The highest BCUT2D eigenvalue weighted by Crippen LogP contribution is 2.28. The van der Waals surface area contributed by atoms with Crippen molar-refractivity contribution in [3.63, 3.8) is 0 Å². The molecule has 0 amide bonds. The van der Waals surface area contributed by atoms with Gasteiger partial charge in [-0.3, -0.25) is 0 Å². The predicted octanol–water partition coefficient (Wildman–Crippen LogP) is 2.30. The zero-order chi connectivity index (χ0) is 10.8. The SMILES string of the molecule is OC(C1=CCCO1)c1cc(F)ccc1F. The molecule has 2 rings (SSSR count). The fourth-order valence-electron chi connectivity index (χ4n) is 1.50. The molecule has 1 aromatic carbocycles. The van der Waals surface area contributed by atoms with Crippen LogP contribution in [0.25, 0.3) is 0 Å². The zero-order valence-electron chi connectivity index (χ0n) is 7.91. The topological polar surface area (TPSA) is 29.5 Å². The van der Waals surface area contributed by atoms with E-state index in [9.17, 15) is 13.9 Å². The second-order valence-electron chi connectivity index (χ2n) is 3.31. The average molecular weight is 212 g/mol. The first-order chi connectivity index (χ1) is 7.18.